The fraction of sp³-hybridized carbons (Fsp3) is 0.0312. The number of benzene rings is 10. The van der Waals surface area contributed by atoms with E-state index in [1.165, 1.54) is 76.7 Å². The van der Waals surface area contributed by atoms with Gasteiger partial charge in [0.25, 0.3) is 0 Å². The maximum absolute atomic E-state index is 6.44. The van der Waals surface area contributed by atoms with Gasteiger partial charge in [0.2, 0.25) is 0 Å². The number of aromatic nitrogens is 1. The van der Waals surface area contributed by atoms with Crippen molar-refractivity contribution < 1.29 is 8.83 Å². The summed E-state index contributed by atoms with van der Waals surface area (Å²) in [6, 6.07) is 79.5. The molecular weight excluding hydrogens is 815 g/mol. The normalized spacial score (nSPS) is 13.7. The van der Waals surface area contributed by atoms with Crippen LogP contribution in [-0.4, -0.2) is 4.57 Å². The molecule has 0 amide bonds. The van der Waals surface area contributed by atoms with Gasteiger partial charge in [-0.3, -0.25) is 0 Å². The lowest BCUT2D eigenvalue weighted by molar-refractivity contribution is 0.570. The first-order valence-corrected chi connectivity index (χ1v) is 23.2. The van der Waals surface area contributed by atoms with Crippen LogP contribution in [0, 0.1) is 0 Å². The molecule has 3 heteroatoms. The van der Waals surface area contributed by atoms with Crippen LogP contribution in [0.25, 0.3) is 128 Å². The Morgan fingerprint density at radius 2 is 0.955 bits per heavy atom. The minimum atomic E-state index is 0.0743. The lowest BCUT2D eigenvalue weighted by Gasteiger charge is -2.20. The van der Waals surface area contributed by atoms with Gasteiger partial charge in [-0.25, -0.2) is 0 Å². The molecule has 1 atom stereocenters. The molecule has 1 aliphatic rings. The number of hydrogen-bond acceptors (Lipinski definition) is 2. The number of fused-ring (bicyclic) bond motifs is 10. The molecule has 314 valence electrons. The predicted molar refractivity (Wildman–Crippen MR) is 279 cm³/mol. The number of furan rings is 2. The van der Waals surface area contributed by atoms with Crippen LogP contribution in [0.3, 0.4) is 0 Å². The van der Waals surface area contributed by atoms with Crippen molar-refractivity contribution in [1.82, 2.24) is 4.57 Å². The van der Waals surface area contributed by atoms with Gasteiger partial charge < -0.3 is 13.4 Å². The Labute approximate surface area is 386 Å². The van der Waals surface area contributed by atoms with Crippen LogP contribution < -0.4 is 10.6 Å². The molecule has 67 heavy (non-hydrogen) atoms. The van der Waals surface area contributed by atoms with Crippen LogP contribution in [0.15, 0.2) is 227 Å². The monoisotopic (exact) mass is 855 g/mol. The summed E-state index contributed by atoms with van der Waals surface area (Å²) >= 11 is 0. The molecular formula is C64H41NO2. The van der Waals surface area contributed by atoms with Crippen molar-refractivity contribution in [2.24, 2.45) is 0 Å². The number of rotatable bonds is 6. The molecule has 3 nitrogen and oxygen atoms in total. The highest BCUT2D eigenvalue weighted by molar-refractivity contribution is 6.18. The van der Waals surface area contributed by atoms with Crippen molar-refractivity contribution in [2.45, 2.75) is 12.3 Å². The first-order chi connectivity index (χ1) is 33.2. The molecule has 3 aromatic heterocycles. The summed E-state index contributed by atoms with van der Waals surface area (Å²) < 4.78 is 15.4. The topological polar surface area (TPSA) is 31.2 Å². The molecule has 0 N–H and O–H groups in total. The summed E-state index contributed by atoms with van der Waals surface area (Å²) in [5, 5.41) is 9.44. The molecule has 0 spiro atoms. The van der Waals surface area contributed by atoms with Crippen molar-refractivity contribution in [3.05, 3.63) is 235 Å². The molecule has 3 heterocycles. The second-order valence-electron chi connectivity index (χ2n) is 18.0. The summed E-state index contributed by atoms with van der Waals surface area (Å²) in [7, 11) is 0. The first kappa shape index (κ1) is 37.7. The zero-order chi connectivity index (χ0) is 44.0. The van der Waals surface area contributed by atoms with E-state index in [1.807, 2.05) is 6.07 Å². The van der Waals surface area contributed by atoms with Crippen molar-refractivity contribution in [1.29, 1.82) is 0 Å². The van der Waals surface area contributed by atoms with Gasteiger partial charge in [0.1, 0.15) is 22.2 Å². The molecule has 0 saturated carbocycles. The van der Waals surface area contributed by atoms with E-state index in [4.69, 9.17) is 8.83 Å². The van der Waals surface area contributed by atoms with Gasteiger partial charge in [0.15, 0.2) is 0 Å². The van der Waals surface area contributed by atoms with E-state index in [-0.39, 0.29) is 5.92 Å². The zero-order valence-electron chi connectivity index (χ0n) is 36.5. The van der Waals surface area contributed by atoms with Crippen LogP contribution in [0.4, 0.5) is 0 Å². The van der Waals surface area contributed by atoms with Crippen molar-refractivity contribution in [3.8, 4) is 50.2 Å². The van der Waals surface area contributed by atoms with Crippen molar-refractivity contribution in [3.63, 3.8) is 0 Å². The summed E-state index contributed by atoms with van der Waals surface area (Å²) in [6.45, 7) is 0. The van der Waals surface area contributed by atoms with E-state index in [2.05, 4.69) is 229 Å². The lowest BCUT2D eigenvalue weighted by atomic mass is 9.87. The maximum Gasteiger partial charge on any atom is 0.135 e. The smallest absolute Gasteiger partial charge is 0.135 e. The standard InChI is InChI=1S/C64H41NO2/c1-3-13-40(14-4-1)48-36-53(46-27-31-61-55(34-46)51-19-9-11-21-59(51)66-61)63-57(38-48)58-39-49(41-15-5-2-6-16-41)37-54(47-28-32-62-56(35-47)52-20-10-12-22-60(52)67-62)64(58)65(63)50-29-25-43(26-30-50)45-24-23-42-17-7-8-18-44(42)33-45/h1-27,29-39,47H,28H2. The number of hydrogen-bond donors (Lipinski definition) is 0. The minimum Gasteiger partial charge on any atom is -0.456 e. The SMILES string of the molecule is C1=c2oc3ccccc3c2=CC(c2cc(-c3ccccc3)cc3c4cc(-c5ccccc5)cc(-c5ccc6oc7ccccc7c6c5)c4n(-c4ccc(-c5ccc6ccccc6c5)cc4)c23)C1. The Hall–Kier alpha value is -8.66. The molecule has 0 radical (unpaired) electrons. The lowest BCUT2D eigenvalue weighted by Crippen LogP contribution is -2.25. The molecule has 0 saturated heterocycles. The van der Waals surface area contributed by atoms with Crippen LogP contribution in [0.1, 0.15) is 17.9 Å². The van der Waals surface area contributed by atoms with Gasteiger partial charge >= 0.3 is 0 Å². The second-order valence-corrected chi connectivity index (χ2v) is 18.0. The van der Waals surface area contributed by atoms with E-state index in [9.17, 15) is 0 Å². The largest absolute Gasteiger partial charge is 0.456 e. The molecule has 1 unspecified atom stereocenters. The summed E-state index contributed by atoms with van der Waals surface area (Å²) in [4.78, 5) is 0. The molecule has 0 bridgehead atoms. The molecule has 14 rings (SSSR count). The third-order valence-electron chi connectivity index (χ3n) is 14.1. The minimum absolute atomic E-state index is 0.0743. The van der Waals surface area contributed by atoms with Crippen molar-refractivity contribution >= 4 is 77.6 Å². The van der Waals surface area contributed by atoms with Gasteiger partial charge in [-0.2, -0.15) is 0 Å². The van der Waals surface area contributed by atoms with Gasteiger partial charge in [-0.05, 0) is 135 Å². The highest BCUT2D eigenvalue weighted by atomic mass is 16.3. The average molecular weight is 856 g/mol. The van der Waals surface area contributed by atoms with E-state index in [1.54, 1.807) is 0 Å². The molecule has 1 aliphatic carbocycles. The Morgan fingerprint density at radius 1 is 0.373 bits per heavy atom. The van der Waals surface area contributed by atoms with Crippen LogP contribution >= 0.6 is 0 Å². The quantitative estimate of drug-likeness (QED) is 0.167. The van der Waals surface area contributed by atoms with Gasteiger partial charge in [-0.1, -0.05) is 158 Å². The first-order valence-electron chi connectivity index (χ1n) is 23.2. The van der Waals surface area contributed by atoms with Gasteiger partial charge in [0.05, 0.1) is 11.0 Å². The van der Waals surface area contributed by atoms with Gasteiger partial charge in [-0.15, -0.1) is 0 Å². The predicted octanol–water partition coefficient (Wildman–Crippen LogP) is 16.0. The Bertz CT molecular complexity index is 4230. The third-order valence-corrected chi connectivity index (χ3v) is 14.1. The third kappa shape index (κ3) is 6.12. The van der Waals surface area contributed by atoms with E-state index in [0.717, 1.165) is 61.6 Å². The zero-order valence-corrected chi connectivity index (χ0v) is 36.5. The summed E-state index contributed by atoms with van der Waals surface area (Å²) in [5.41, 5.74) is 17.8. The molecule has 0 aliphatic heterocycles. The Morgan fingerprint density at radius 3 is 1.73 bits per heavy atom. The molecule has 10 aromatic carbocycles. The molecule has 13 aromatic rings. The fourth-order valence-electron chi connectivity index (χ4n) is 10.9. The van der Waals surface area contributed by atoms with Crippen LogP contribution in [0.5, 0.6) is 0 Å². The summed E-state index contributed by atoms with van der Waals surface area (Å²) in [6.07, 6.45) is 5.58. The number of nitrogens with zero attached hydrogens (tertiary/aromatic N) is 1. The number of para-hydroxylation sites is 2. The highest BCUT2D eigenvalue weighted by Gasteiger charge is 2.26. The van der Waals surface area contributed by atoms with Gasteiger partial charge in [0, 0.05) is 49.3 Å². The van der Waals surface area contributed by atoms with E-state index < -0.39 is 0 Å². The Balaban J connectivity index is 1.11. The van der Waals surface area contributed by atoms with Crippen molar-refractivity contribution in [2.75, 3.05) is 0 Å². The fourth-order valence-corrected chi connectivity index (χ4v) is 10.9. The van der Waals surface area contributed by atoms with Crippen LogP contribution in [0.2, 0.25) is 0 Å². The Kier molecular flexibility index (Phi) is 8.41. The second kappa shape index (κ2) is 14.9. The van der Waals surface area contributed by atoms with E-state index in [0.29, 0.717) is 0 Å². The maximum atomic E-state index is 6.44. The highest BCUT2D eigenvalue weighted by Crippen LogP contribution is 2.47. The summed E-state index contributed by atoms with van der Waals surface area (Å²) in [5.74, 6) is 0.0743. The average Bonchev–Trinajstić information content (AvgIpc) is 4.08. The van der Waals surface area contributed by atoms with E-state index >= 15 is 0 Å². The van der Waals surface area contributed by atoms with Crippen LogP contribution in [-0.2, 0) is 0 Å². The molecule has 0 fully saturated rings.